The first-order chi connectivity index (χ1) is 41.0. The van der Waals surface area contributed by atoms with Gasteiger partial charge >= 0.3 is 5.56 Å². The number of carbonyl (C=O) groups excluding carboxylic acids is 1. The van der Waals surface area contributed by atoms with E-state index in [2.05, 4.69) is 50.7 Å². The maximum Gasteiger partial charge on any atom is 0.303 e. The molecule has 0 aliphatic carbocycles. The highest BCUT2D eigenvalue weighted by Gasteiger charge is 2.32. The molecule has 1 aromatic heterocycles. The van der Waals surface area contributed by atoms with Gasteiger partial charge in [0.1, 0.15) is 63.5 Å². The van der Waals surface area contributed by atoms with Crippen molar-refractivity contribution in [3.05, 3.63) is 111 Å². The number of azo groups is 4. The topological polar surface area (TPSA) is 653 Å². The number of nitro benzene ring substituents is 1. The Balaban J connectivity index is 1.24. The lowest BCUT2D eigenvalue weighted by atomic mass is 10.1. The van der Waals surface area contributed by atoms with Crippen LogP contribution in [0, 0.1) is 10.1 Å². The van der Waals surface area contributed by atoms with Gasteiger partial charge in [0.05, 0.1) is 32.3 Å². The molecule has 0 unspecified atom stereocenters. The molecule has 0 radical (unpaired) electrons. The third-order valence-corrected chi connectivity index (χ3v) is 17.9. The monoisotopic (exact) mass is 1370 g/mol. The molecule has 8 rings (SSSR count). The number of aromatic hydroxyl groups is 2. The van der Waals surface area contributed by atoms with Crippen molar-refractivity contribution in [2.24, 2.45) is 40.9 Å². The first-order valence-corrected chi connectivity index (χ1v) is 32.5. The number of carbonyl (C=O) groups is 1. The first kappa shape index (κ1) is 65.1. The zero-order valence-corrected chi connectivity index (χ0v) is 48.1. The zero-order valence-electron chi connectivity index (χ0n) is 42.4. The molecule has 0 saturated carbocycles. The predicted molar refractivity (Wildman–Crippen MR) is 294 cm³/mol. The average molecular weight is 1370 g/mol. The predicted octanol–water partition coefficient (Wildman–Crippen LogP) is 6.30. The quantitative estimate of drug-likeness (QED) is 0.0106. The number of nitrogen functional groups attached to an aromatic ring is 1. The number of hydrogen-bond acceptors (Lipinski definition) is 30. The molecule has 47 heteroatoms. The number of rotatable bonds is 19. The number of nitrogens with zero attached hydrogens (tertiary/aromatic N) is 10. The van der Waals surface area contributed by atoms with Gasteiger partial charge in [-0.15, -0.1) is 35.8 Å². The summed E-state index contributed by atoms with van der Waals surface area (Å²) in [5, 5.41) is 61.2. The van der Waals surface area contributed by atoms with Gasteiger partial charge in [0, 0.05) is 28.3 Å². The fraction of sp³-hybridized carbons (Fsp3) is 0. The van der Waals surface area contributed by atoms with Crippen LogP contribution in [0.2, 0.25) is 0 Å². The summed E-state index contributed by atoms with van der Waals surface area (Å²) in [6.45, 7) is -0.280. The van der Waals surface area contributed by atoms with Gasteiger partial charge in [0.25, 0.3) is 83.0 Å². The Bertz CT molecular complexity index is 5430. The Morgan fingerprint density at radius 3 is 1.53 bits per heavy atom. The molecular formula is C42H28N12O28S7. The van der Waals surface area contributed by atoms with Crippen LogP contribution in [0.25, 0.3) is 27.2 Å². The number of nitrogens with one attached hydrogen (secondary N) is 1. The Morgan fingerprint density at radius 1 is 0.494 bits per heavy atom. The SMILES string of the molecule is Nc1c(N=Nc2ccc3c(O)c(N=Nc4cc(S(=O)(=O)O)c(N=Nc5c(OC=O)[nH]n(-c6ccc(S(=O)(=O)O)cc6)c5=O)c(S(=O)(=O)O)c4)c(S(=O)(=O)O)cc3c2S(=O)(=O)O)cc(S(=O)(=O)O)c2ccc(N=Nc3ccc([N+](=O)[O-])cc3S(=O)(=O)O)c(O)c12. The summed E-state index contributed by atoms with van der Waals surface area (Å²) in [6.07, 6.45) is 0. The van der Waals surface area contributed by atoms with Crippen molar-refractivity contribution in [2.45, 2.75) is 34.3 Å². The van der Waals surface area contributed by atoms with Gasteiger partial charge in [-0.3, -0.25) is 56.7 Å². The third-order valence-electron chi connectivity index (χ3n) is 11.7. The second kappa shape index (κ2) is 23.0. The normalized spacial score (nSPS) is 13.2. The molecule has 1 heterocycles. The van der Waals surface area contributed by atoms with Crippen molar-refractivity contribution in [3.63, 3.8) is 0 Å². The maximum atomic E-state index is 13.4. The van der Waals surface area contributed by atoms with Crippen molar-refractivity contribution in [3.8, 4) is 23.1 Å². The number of non-ortho nitro benzene ring substituents is 1. The van der Waals surface area contributed by atoms with Crippen molar-refractivity contribution < 1.29 is 115 Å². The molecule has 0 amide bonds. The number of phenolic OH excluding ortho intramolecular Hbond substituents is 2. The number of anilines is 1. The summed E-state index contributed by atoms with van der Waals surface area (Å²) in [6, 6.07) is 9.58. The minimum atomic E-state index is -5.84. The molecule has 0 atom stereocenters. The Morgan fingerprint density at radius 2 is 0.989 bits per heavy atom. The van der Waals surface area contributed by atoms with Crippen LogP contribution < -0.4 is 16.0 Å². The molecular weight excluding hydrogens is 1340 g/mol. The number of nitro groups is 1. The van der Waals surface area contributed by atoms with Gasteiger partial charge in [0.2, 0.25) is 11.6 Å². The number of aromatic amines is 1. The van der Waals surface area contributed by atoms with E-state index >= 15 is 0 Å². The number of benzene rings is 7. The van der Waals surface area contributed by atoms with E-state index < -0.39 is 211 Å². The number of hydrogen-bond donors (Lipinski definition) is 11. The van der Waals surface area contributed by atoms with Crippen LogP contribution in [0.15, 0.2) is 171 Å². The van der Waals surface area contributed by atoms with E-state index in [0.29, 0.717) is 28.9 Å². The van der Waals surface area contributed by atoms with Gasteiger partial charge in [-0.05, 0) is 72.8 Å². The van der Waals surface area contributed by atoms with Crippen LogP contribution in [0.4, 0.5) is 56.9 Å². The van der Waals surface area contributed by atoms with Gasteiger partial charge in [-0.1, -0.05) is 6.07 Å². The molecule has 89 heavy (non-hydrogen) atoms. The fourth-order valence-electron chi connectivity index (χ4n) is 7.89. The third kappa shape index (κ3) is 13.3. The van der Waals surface area contributed by atoms with Crippen molar-refractivity contribution >= 4 is 156 Å². The van der Waals surface area contributed by atoms with Gasteiger partial charge in [-0.25, -0.2) is 4.68 Å². The van der Waals surface area contributed by atoms with E-state index in [9.17, 15) is 121 Å². The molecule has 0 fully saturated rings. The van der Waals surface area contributed by atoms with E-state index in [1.165, 1.54) is 0 Å². The fourth-order valence-corrected chi connectivity index (χ4v) is 12.6. The summed E-state index contributed by atoms with van der Waals surface area (Å²) in [4.78, 5) is 25.6. The highest BCUT2D eigenvalue weighted by Crippen LogP contribution is 2.49. The van der Waals surface area contributed by atoms with Gasteiger partial charge in [-0.2, -0.15) is 64.0 Å². The number of fused-ring (bicyclic) bond motifs is 2. The Labute approximate surface area is 493 Å². The number of ether oxygens (including phenoxy) is 1. The van der Waals surface area contributed by atoms with E-state index in [0.717, 1.165) is 48.5 Å². The van der Waals surface area contributed by atoms with Crippen LogP contribution in [0.1, 0.15) is 0 Å². The molecule has 40 nitrogen and oxygen atoms in total. The lowest BCUT2D eigenvalue weighted by molar-refractivity contribution is -0.385. The molecule has 12 N–H and O–H groups in total. The van der Waals surface area contributed by atoms with Crippen molar-refractivity contribution in [1.82, 2.24) is 9.78 Å². The largest absolute Gasteiger partial charge is 0.505 e. The van der Waals surface area contributed by atoms with Crippen LogP contribution in [0.3, 0.4) is 0 Å². The highest BCUT2D eigenvalue weighted by molar-refractivity contribution is 7.88. The van der Waals surface area contributed by atoms with Crippen LogP contribution >= 0.6 is 0 Å². The number of H-pyrrole nitrogens is 1. The minimum absolute atomic E-state index is 0.203. The van der Waals surface area contributed by atoms with E-state index in [-0.39, 0.29) is 30.4 Å². The smallest absolute Gasteiger partial charge is 0.303 e. The second-order valence-corrected chi connectivity index (χ2v) is 26.9. The minimum Gasteiger partial charge on any atom is -0.505 e. The van der Waals surface area contributed by atoms with Crippen molar-refractivity contribution in [2.75, 3.05) is 5.73 Å². The van der Waals surface area contributed by atoms with Crippen LogP contribution in [-0.4, -0.2) is 122 Å². The standard InChI is InChI=1S/C42H28N12O28S7/c43-34-27(15-28(84(64,65)66)22-7-9-25(39(57)33(22)34)46-45-24-8-3-19(54(59)60)13-29(24)85(67,68)69)48-47-26-10-6-21-23(40(26)89(79,80)81)14-32(88(76,77)78)36(38(21)56)50-44-17-11-30(86(70,71)72)35(31(12-17)87(73,74)75)49-51-37-41(82-16-55)52-53(42(37)58)18-1-4-20(5-2-18)83(61,62)63/h1-16,52,56-57H,43H2,(H,61,62,63)(H,64,65,66)(H,67,68,69)(H,70,71,72)(H,73,74,75)(H,76,77,78)(H,79,80,81). The summed E-state index contributed by atoms with van der Waals surface area (Å²) in [5.41, 5.74) is -5.48. The Hall–Kier alpha value is -9.89. The Kier molecular flexibility index (Phi) is 16.8. The molecule has 0 spiro atoms. The second-order valence-electron chi connectivity index (χ2n) is 17.2. The molecule has 0 saturated heterocycles. The molecule has 8 aromatic rings. The molecule has 0 aliphatic rings. The summed E-state index contributed by atoms with van der Waals surface area (Å²) in [5.74, 6) is -3.51. The summed E-state index contributed by atoms with van der Waals surface area (Å²) < 4.78 is 251. The lowest BCUT2D eigenvalue weighted by Gasteiger charge is -2.13. The lowest BCUT2D eigenvalue weighted by Crippen LogP contribution is -2.14. The number of phenols is 2. The van der Waals surface area contributed by atoms with Crippen molar-refractivity contribution in [1.29, 1.82) is 0 Å². The molecule has 7 aromatic carbocycles. The van der Waals surface area contributed by atoms with E-state index in [4.69, 9.17) is 5.73 Å². The number of nitrogens with two attached hydrogens (primary N) is 1. The summed E-state index contributed by atoms with van der Waals surface area (Å²) >= 11 is 0. The first-order valence-electron chi connectivity index (χ1n) is 22.4. The molecule has 0 bridgehead atoms. The van der Waals surface area contributed by atoms with Gasteiger partial charge in [0.15, 0.2) is 11.5 Å². The summed E-state index contributed by atoms with van der Waals surface area (Å²) in [7, 11) is -38.7. The number of aromatic nitrogens is 2. The van der Waals surface area contributed by atoms with Crippen LogP contribution in [0.5, 0.6) is 17.4 Å². The zero-order chi connectivity index (χ0) is 66.1. The van der Waals surface area contributed by atoms with E-state index in [1.54, 1.807) is 0 Å². The molecule has 0 aliphatic heterocycles. The molecule has 466 valence electrons. The highest BCUT2D eigenvalue weighted by atomic mass is 32.2. The average Bonchev–Trinajstić information content (AvgIpc) is 1.31. The van der Waals surface area contributed by atoms with E-state index in [1.807, 2.05) is 0 Å². The van der Waals surface area contributed by atoms with Gasteiger partial charge < -0.3 is 20.7 Å². The van der Waals surface area contributed by atoms with Crippen LogP contribution in [-0.2, 0) is 75.6 Å². The maximum absolute atomic E-state index is 13.4.